The largest absolute Gasteiger partial charge is 0.389 e. The molecule has 1 unspecified atom stereocenters. The van der Waals surface area contributed by atoms with Crippen molar-refractivity contribution in [3.8, 4) is 0 Å². The SMILES string of the molecule is CC(C)CCCOCC(O)CNc1cccc(Br)c1. The van der Waals surface area contributed by atoms with E-state index in [1.54, 1.807) is 0 Å². The molecule has 1 aromatic rings. The monoisotopic (exact) mass is 329 g/mol. The van der Waals surface area contributed by atoms with Crippen molar-refractivity contribution < 1.29 is 9.84 Å². The molecule has 3 nitrogen and oxygen atoms in total. The molecule has 0 amide bonds. The molecule has 0 spiro atoms. The van der Waals surface area contributed by atoms with Gasteiger partial charge in [0.05, 0.1) is 12.7 Å². The van der Waals surface area contributed by atoms with Crippen LogP contribution in [0.2, 0.25) is 0 Å². The Kier molecular flexibility index (Phi) is 8.10. The van der Waals surface area contributed by atoms with Gasteiger partial charge in [0.1, 0.15) is 0 Å². The van der Waals surface area contributed by atoms with Gasteiger partial charge in [-0.05, 0) is 37.0 Å². The Labute approximate surface area is 124 Å². The van der Waals surface area contributed by atoms with E-state index >= 15 is 0 Å². The Morgan fingerprint density at radius 2 is 2.16 bits per heavy atom. The second-order valence-corrected chi connectivity index (χ2v) is 6.07. The number of hydrogen-bond donors (Lipinski definition) is 2. The van der Waals surface area contributed by atoms with Crippen LogP contribution < -0.4 is 5.32 Å². The number of nitrogens with one attached hydrogen (secondary N) is 1. The van der Waals surface area contributed by atoms with Crippen LogP contribution in [0.4, 0.5) is 5.69 Å². The van der Waals surface area contributed by atoms with Gasteiger partial charge in [-0.2, -0.15) is 0 Å². The highest BCUT2D eigenvalue weighted by atomic mass is 79.9. The summed E-state index contributed by atoms with van der Waals surface area (Å²) >= 11 is 3.41. The minimum atomic E-state index is -0.474. The Hall–Kier alpha value is -0.580. The van der Waals surface area contributed by atoms with Gasteiger partial charge in [-0.25, -0.2) is 0 Å². The van der Waals surface area contributed by atoms with E-state index in [0.717, 1.165) is 23.2 Å². The van der Waals surface area contributed by atoms with Crippen molar-refractivity contribution in [1.82, 2.24) is 0 Å². The number of aliphatic hydroxyl groups excluding tert-OH is 1. The lowest BCUT2D eigenvalue weighted by Crippen LogP contribution is -2.25. The van der Waals surface area contributed by atoms with Gasteiger partial charge in [0.25, 0.3) is 0 Å². The molecule has 0 heterocycles. The van der Waals surface area contributed by atoms with E-state index in [4.69, 9.17) is 4.74 Å². The summed E-state index contributed by atoms with van der Waals surface area (Å²) in [6, 6.07) is 7.89. The van der Waals surface area contributed by atoms with Gasteiger partial charge in [-0.1, -0.05) is 35.8 Å². The number of benzene rings is 1. The van der Waals surface area contributed by atoms with Crippen molar-refractivity contribution in [1.29, 1.82) is 0 Å². The third kappa shape index (κ3) is 8.24. The third-order valence-corrected chi connectivity index (χ3v) is 3.24. The molecule has 1 atom stereocenters. The number of halogens is 1. The molecule has 0 saturated carbocycles. The molecule has 0 bridgehead atoms. The zero-order chi connectivity index (χ0) is 14.1. The number of ether oxygens (including phenoxy) is 1. The average Bonchev–Trinajstić information content (AvgIpc) is 2.35. The van der Waals surface area contributed by atoms with Crippen LogP contribution in [0.25, 0.3) is 0 Å². The lowest BCUT2D eigenvalue weighted by Gasteiger charge is -2.13. The molecule has 0 saturated heterocycles. The standard InChI is InChI=1S/C15H24BrNO2/c1-12(2)5-4-8-19-11-15(18)10-17-14-7-3-6-13(16)9-14/h3,6-7,9,12,15,17-18H,4-5,8,10-11H2,1-2H3. The fourth-order valence-corrected chi connectivity index (χ4v) is 2.11. The minimum absolute atomic E-state index is 0.388. The van der Waals surface area contributed by atoms with Crippen LogP contribution in [-0.2, 0) is 4.74 Å². The molecule has 19 heavy (non-hydrogen) atoms. The maximum absolute atomic E-state index is 9.79. The summed E-state index contributed by atoms with van der Waals surface area (Å²) in [5, 5.41) is 13.0. The topological polar surface area (TPSA) is 41.5 Å². The number of anilines is 1. The third-order valence-electron chi connectivity index (χ3n) is 2.75. The Bertz CT molecular complexity index is 358. The average molecular weight is 330 g/mol. The van der Waals surface area contributed by atoms with E-state index < -0.39 is 6.10 Å². The van der Waals surface area contributed by atoms with Gasteiger partial charge in [0, 0.05) is 23.3 Å². The first-order valence-corrected chi connectivity index (χ1v) is 7.62. The van der Waals surface area contributed by atoms with Crippen molar-refractivity contribution in [2.45, 2.75) is 32.8 Å². The maximum atomic E-state index is 9.79. The minimum Gasteiger partial charge on any atom is -0.389 e. The fourth-order valence-electron chi connectivity index (χ4n) is 1.71. The number of hydrogen-bond acceptors (Lipinski definition) is 3. The van der Waals surface area contributed by atoms with Crippen molar-refractivity contribution in [2.24, 2.45) is 5.92 Å². The quantitative estimate of drug-likeness (QED) is 0.679. The second kappa shape index (κ2) is 9.34. The summed E-state index contributed by atoms with van der Waals surface area (Å²) in [7, 11) is 0. The van der Waals surface area contributed by atoms with E-state index in [-0.39, 0.29) is 0 Å². The Morgan fingerprint density at radius 3 is 2.84 bits per heavy atom. The molecule has 0 radical (unpaired) electrons. The molecule has 1 aromatic carbocycles. The van der Waals surface area contributed by atoms with Gasteiger partial charge in [-0.15, -0.1) is 0 Å². The van der Waals surface area contributed by atoms with Crippen LogP contribution in [-0.4, -0.2) is 31.0 Å². The summed E-state index contributed by atoms with van der Waals surface area (Å²) < 4.78 is 6.48. The van der Waals surface area contributed by atoms with Crippen LogP contribution in [0.15, 0.2) is 28.7 Å². The highest BCUT2D eigenvalue weighted by Gasteiger charge is 2.04. The molecule has 0 aromatic heterocycles. The maximum Gasteiger partial charge on any atom is 0.0945 e. The first-order chi connectivity index (χ1) is 9.08. The van der Waals surface area contributed by atoms with Crippen molar-refractivity contribution >= 4 is 21.6 Å². The van der Waals surface area contributed by atoms with Crippen LogP contribution >= 0.6 is 15.9 Å². The lowest BCUT2D eigenvalue weighted by molar-refractivity contribution is 0.0409. The van der Waals surface area contributed by atoms with E-state index in [1.165, 1.54) is 6.42 Å². The van der Waals surface area contributed by atoms with Crippen molar-refractivity contribution in [2.75, 3.05) is 25.1 Å². The zero-order valence-electron chi connectivity index (χ0n) is 11.7. The molecular formula is C15H24BrNO2. The summed E-state index contributed by atoms with van der Waals surface area (Å²) in [5.74, 6) is 0.715. The van der Waals surface area contributed by atoms with E-state index in [2.05, 4.69) is 35.1 Å². The molecular weight excluding hydrogens is 306 g/mol. The molecule has 0 fully saturated rings. The number of aliphatic hydroxyl groups is 1. The fraction of sp³-hybridized carbons (Fsp3) is 0.600. The smallest absolute Gasteiger partial charge is 0.0945 e. The Balaban J connectivity index is 2.09. The van der Waals surface area contributed by atoms with Gasteiger partial charge < -0.3 is 15.2 Å². The summed E-state index contributed by atoms with van der Waals surface area (Å²) in [5.41, 5.74) is 0.994. The normalized spacial score (nSPS) is 12.7. The zero-order valence-corrected chi connectivity index (χ0v) is 13.3. The van der Waals surface area contributed by atoms with E-state index in [0.29, 0.717) is 19.1 Å². The summed E-state index contributed by atoms with van der Waals surface area (Å²) in [6.45, 7) is 6.03. The molecule has 2 N–H and O–H groups in total. The predicted octanol–water partition coefficient (Wildman–Crippen LogP) is 3.67. The lowest BCUT2D eigenvalue weighted by atomic mass is 10.1. The molecule has 108 valence electrons. The van der Waals surface area contributed by atoms with Gasteiger partial charge >= 0.3 is 0 Å². The first-order valence-electron chi connectivity index (χ1n) is 6.83. The van der Waals surface area contributed by atoms with E-state index in [9.17, 15) is 5.11 Å². The highest BCUT2D eigenvalue weighted by molar-refractivity contribution is 9.10. The number of rotatable bonds is 9. The van der Waals surface area contributed by atoms with E-state index in [1.807, 2.05) is 24.3 Å². The van der Waals surface area contributed by atoms with Gasteiger partial charge in [0.2, 0.25) is 0 Å². The van der Waals surface area contributed by atoms with Gasteiger partial charge in [0.15, 0.2) is 0 Å². The second-order valence-electron chi connectivity index (χ2n) is 5.16. The van der Waals surface area contributed by atoms with Crippen LogP contribution in [0.1, 0.15) is 26.7 Å². The van der Waals surface area contributed by atoms with Crippen molar-refractivity contribution in [3.63, 3.8) is 0 Å². The van der Waals surface area contributed by atoms with Crippen LogP contribution in [0.3, 0.4) is 0 Å². The van der Waals surface area contributed by atoms with Crippen LogP contribution in [0, 0.1) is 5.92 Å². The molecule has 4 heteroatoms. The Morgan fingerprint density at radius 1 is 1.37 bits per heavy atom. The van der Waals surface area contributed by atoms with Crippen LogP contribution in [0.5, 0.6) is 0 Å². The molecule has 0 aliphatic rings. The molecule has 0 aliphatic carbocycles. The van der Waals surface area contributed by atoms with Crippen molar-refractivity contribution in [3.05, 3.63) is 28.7 Å². The summed E-state index contributed by atoms with van der Waals surface area (Å²) in [6.07, 6.45) is 1.76. The predicted molar refractivity (Wildman–Crippen MR) is 83.5 cm³/mol. The molecule has 0 aliphatic heterocycles. The van der Waals surface area contributed by atoms with Gasteiger partial charge in [-0.3, -0.25) is 0 Å². The first kappa shape index (κ1) is 16.5. The molecule has 1 rings (SSSR count). The highest BCUT2D eigenvalue weighted by Crippen LogP contribution is 2.15. The summed E-state index contributed by atoms with van der Waals surface area (Å²) in [4.78, 5) is 0.